The van der Waals surface area contributed by atoms with E-state index in [4.69, 9.17) is 9.47 Å². The molecule has 0 bridgehead atoms. The van der Waals surface area contributed by atoms with Gasteiger partial charge in [-0.3, -0.25) is 4.79 Å². The fraction of sp³-hybridized carbons (Fsp3) is 0.353. The zero-order valence-corrected chi connectivity index (χ0v) is 13.2. The fourth-order valence-electron chi connectivity index (χ4n) is 2.93. The van der Waals surface area contributed by atoms with Gasteiger partial charge >= 0.3 is 0 Å². The zero-order valence-electron chi connectivity index (χ0n) is 13.2. The van der Waals surface area contributed by atoms with E-state index in [0.29, 0.717) is 18.8 Å². The summed E-state index contributed by atoms with van der Waals surface area (Å²) in [6.07, 6.45) is 2.44. The molecule has 0 radical (unpaired) electrons. The van der Waals surface area contributed by atoms with Crippen LogP contribution in [0.2, 0.25) is 0 Å². The molecule has 6 nitrogen and oxygen atoms in total. The highest BCUT2D eigenvalue weighted by molar-refractivity contribution is 5.92. The standard InChI is InChI=1S/C17H19N3O3/c1-22-13-5-6-16(23-2)14(10-13)12-7-9-20(11-12)17(21)15-4-3-8-18-19-15/h3-6,8,10,12H,7,9,11H2,1-2H3/t12-/m1/s1. The molecule has 0 N–H and O–H groups in total. The van der Waals surface area contributed by atoms with Gasteiger partial charge in [-0.25, -0.2) is 0 Å². The molecule has 2 heterocycles. The number of amides is 1. The van der Waals surface area contributed by atoms with Crippen LogP contribution in [-0.2, 0) is 0 Å². The molecule has 0 saturated carbocycles. The van der Waals surface area contributed by atoms with Gasteiger partial charge in [0.15, 0.2) is 5.69 Å². The Morgan fingerprint density at radius 3 is 2.83 bits per heavy atom. The Morgan fingerprint density at radius 1 is 1.26 bits per heavy atom. The minimum absolute atomic E-state index is 0.0811. The number of nitrogens with zero attached hydrogens (tertiary/aromatic N) is 3. The van der Waals surface area contributed by atoms with Gasteiger partial charge in [-0.2, -0.15) is 5.10 Å². The Hall–Kier alpha value is -2.63. The second kappa shape index (κ2) is 6.64. The SMILES string of the molecule is COc1ccc(OC)c([C@@H]2CCN(C(=O)c3cccnn3)C2)c1. The normalized spacial score (nSPS) is 17.1. The van der Waals surface area contributed by atoms with Gasteiger partial charge in [0, 0.05) is 30.8 Å². The van der Waals surface area contributed by atoms with Gasteiger partial charge < -0.3 is 14.4 Å². The first kappa shape index (κ1) is 15.3. The summed E-state index contributed by atoms with van der Waals surface area (Å²) in [5, 5.41) is 7.67. The summed E-state index contributed by atoms with van der Waals surface area (Å²) in [5.41, 5.74) is 1.45. The number of rotatable bonds is 4. The van der Waals surface area contributed by atoms with Crippen molar-refractivity contribution in [2.24, 2.45) is 0 Å². The summed E-state index contributed by atoms with van der Waals surface area (Å²) in [5.74, 6) is 1.76. The minimum atomic E-state index is -0.0811. The van der Waals surface area contributed by atoms with Crippen LogP contribution >= 0.6 is 0 Å². The van der Waals surface area contributed by atoms with Crippen LogP contribution in [0.25, 0.3) is 0 Å². The minimum Gasteiger partial charge on any atom is -0.497 e. The first-order valence-electron chi connectivity index (χ1n) is 7.52. The summed E-state index contributed by atoms with van der Waals surface area (Å²) < 4.78 is 10.8. The summed E-state index contributed by atoms with van der Waals surface area (Å²) in [4.78, 5) is 14.3. The van der Waals surface area contributed by atoms with E-state index in [-0.39, 0.29) is 11.8 Å². The molecule has 3 rings (SSSR count). The molecule has 0 aliphatic carbocycles. The van der Waals surface area contributed by atoms with E-state index in [1.807, 2.05) is 23.1 Å². The molecule has 1 aromatic heterocycles. The molecule has 1 amide bonds. The van der Waals surface area contributed by atoms with Crippen molar-refractivity contribution in [3.05, 3.63) is 47.8 Å². The van der Waals surface area contributed by atoms with Gasteiger partial charge in [0.2, 0.25) is 0 Å². The second-order valence-electron chi connectivity index (χ2n) is 5.45. The van der Waals surface area contributed by atoms with Crippen LogP contribution in [0.15, 0.2) is 36.5 Å². The van der Waals surface area contributed by atoms with Crippen molar-refractivity contribution in [1.29, 1.82) is 0 Å². The predicted molar refractivity (Wildman–Crippen MR) is 84.8 cm³/mol. The maximum Gasteiger partial charge on any atom is 0.274 e. The lowest BCUT2D eigenvalue weighted by Crippen LogP contribution is -2.29. The average Bonchev–Trinajstić information content (AvgIpc) is 3.11. The van der Waals surface area contributed by atoms with Gasteiger partial charge in [-0.15, -0.1) is 5.10 Å². The van der Waals surface area contributed by atoms with E-state index in [1.165, 1.54) is 0 Å². The molecule has 1 atom stereocenters. The van der Waals surface area contributed by atoms with Gasteiger partial charge in [0.25, 0.3) is 5.91 Å². The molecule has 0 spiro atoms. The molecule has 1 aliphatic heterocycles. The Labute approximate surface area is 135 Å². The predicted octanol–water partition coefficient (Wildman–Crippen LogP) is 2.12. The van der Waals surface area contributed by atoms with Crippen LogP contribution in [0.1, 0.15) is 28.4 Å². The first-order valence-corrected chi connectivity index (χ1v) is 7.52. The van der Waals surface area contributed by atoms with E-state index in [2.05, 4.69) is 10.2 Å². The molecule has 0 unspecified atom stereocenters. The lowest BCUT2D eigenvalue weighted by molar-refractivity contribution is 0.0783. The Balaban J connectivity index is 1.79. The first-order chi connectivity index (χ1) is 11.2. The van der Waals surface area contributed by atoms with Crippen LogP contribution in [0, 0.1) is 0 Å². The summed E-state index contributed by atoms with van der Waals surface area (Å²) in [7, 11) is 3.30. The third kappa shape index (κ3) is 3.11. The molecule has 1 saturated heterocycles. The number of hydrogen-bond donors (Lipinski definition) is 0. The number of carbonyl (C=O) groups excluding carboxylic acids is 1. The highest BCUT2D eigenvalue weighted by Crippen LogP contribution is 2.36. The number of methoxy groups -OCH3 is 2. The van der Waals surface area contributed by atoms with Crippen molar-refractivity contribution in [2.75, 3.05) is 27.3 Å². The number of benzene rings is 1. The maximum absolute atomic E-state index is 12.5. The van der Waals surface area contributed by atoms with E-state index < -0.39 is 0 Å². The quantitative estimate of drug-likeness (QED) is 0.865. The van der Waals surface area contributed by atoms with Crippen molar-refractivity contribution < 1.29 is 14.3 Å². The number of likely N-dealkylation sites (tertiary alicyclic amines) is 1. The van der Waals surface area contributed by atoms with Gasteiger partial charge in [-0.1, -0.05) is 0 Å². The smallest absolute Gasteiger partial charge is 0.274 e. The summed E-state index contributed by atoms with van der Waals surface area (Å²) in [6.45, 7) is 1.33. The number of carbonyl (C=O) groups is 1. The molecule has 1 fully saturated rings. The summed E-state index contributed by atoms with van der Waals surface area (Å²) in [6, 6.07) is 9.18. The molecule has 120 valence electrons. The molecule has 6 heteroatoms. The second-order valence-corrected chi connectivity index (χ2v) is 5.45. The molecule has 23 heavy (non-hydrogen) atoms. The Morgan fingerprint density at radius 2 is 2.13 bits per heavy atom. The van der Waals surface area contributed by atoms with E-state index in [0.717, 1.165) is 23.5 Å². The van der Waals surface area contributed by atoms with Crippen molar-refractivity contribution in [2.45, 2.75) is 12.3 Å². The Kier molecular flexibility index (Phi) is 4.41. The molecule has 2 aromatic rings. The molecule has 1 aliphatic rings. The molecule has 1 aromatic carbocycles. The van der Waals surface area contributed by atoms with E-state index in [1.54, 1.807) is 32.5 Å². The van der Waals surface area contributed by atoms with Crippen LogP contribution in [0.3, 0.4) is 0 Å². The van der Waals surface area contributed by atoms with Crippen LogP contribution < -0.4 is 9.47 Å². The highest BCUT2D eigenvalue weighted by atomic mass is 16.5. The molecular formula is C17H19N3O3. The topological polar surface area (TPSA) is 64.6 Å². The maximum atomic E-state index is 12.5. The average molecular weight is 313 g/mol. The van der Waals surface area contributed by atoms with Crippen LogP contribution in [-0.4, -0.2) is 48.3 Å². The van der Waals surface area contributed by atoms with Crippen molar-refractivity contribution >= 4 is 5.91 Å². The van der Waals surface area contributed by atoms with Crippen LogP contribution in [0.5, 0.6) is 11.5 Å². The van der Waals surface area contributed by atoms with Gasteiger partial charge in [0.1, 0.15) is 11.5 Å². The van der Waals surface area contributed by atoms with Crippen LogP contribution in [0.4, 0.5) is 0 Å². The monoisotopic (exact) mass is 313 g/mol. The van der Waals surface area contributed by atoms with Gasteiger partial charge in [0.05, 0.1) is 14.2 Å². The zero-order chi connectivity index (χ0) is 16.2. The number of aromatic nitrogens is 2. The van der Waals surface area contributed by atoms with Crippen molar-refractivity contribution in [3.8, 4) is 11.5 Å². The third-order valence-corrected chi connectivity index (χ3v) is 4.14. The summed E-state index contributed by atoms with van der Waals surface area (Å²) >= 11 is 0. The van der Waals surface area contributed by atoms with Crippen molar-refractivity contribution in [3.63, 3.8) is 0 Å². The van der Waals surface area contributed by atoms with E-state index in [9.17, 15) is 4.79 Å². The number of ether oxygens (including phenoxy) is 2. The largest absolute Gasteiger partial charge is 0.497 e. The van der Waals surface area contributed by atoms with E-state index >= 15 is 0 Å². The lowest BCUT2D eigenvalue weighted by atomic mass is 9.97. The van der Waals surface area contributed by atoms with Crippen molar-refractivity contribution in [1.82, 2.24) is 15.1 Å². The molecular weight excluding hydrogens is 294 g/mol. The highest BCUT2D eigenvalue weighted by Gasteiger charge is 2.30. The number of hydrogen-bond acceptors (Lipinski definition) is 5. The Bertz CT molecular complexity index is 691. The fourth-order valence-corrected chi connectivity index (χ4v) is 2.93. The third-order valence-electron chi connectivity index (χ3n) is 4.14. The lowest BCUT2D eigenvalue weighted by Gasteiger charge is -2.18. The van der Waals surface area contributed by atoms with Gasteiger partial charge in [-0.05, 0) is 36.8 Å².